The summed E-state index contributed by atoms with van der Waals surface area (Å²) < 4.78 is 0. The molecule has 7 heteroatoms. The molecule has 0 unspecified atom stereocenters. The van der Waals surface area contributed by atoms with Gasteiger partial charge in [-0.05, 0) is 24.5 Å². The zero-order valence-electron chi connectivity index (χ0n) is 12.3. The quantitative estimate of drug-likeness (QED) is 0.633. The number of benzene rings is 1. The fraction of sp³-hybridized carbons (Fsp3) is 0.400. The van der Waals surface area contributed by atoms with E-state index in [2.05, 4.69) is 5.32 Å². The Hall–Kier alpha value is -2.08. The van der Waals surface area contributed by atoms with Crippen molar-refractivity contribution in [3.05, 3.63) is 34.9 Å². The average molecular weight is 324 g/mol. The van der Waals surface area contributed by atoms with Gasteiger partial charge in [0.15, 0.2) is 0 Å². The number of likely N-dealkylation sites (N-methyl/N-ethyl adjacent to an activating group) is 1. The van der Waals surface area contributed by atoms with Crippen LogP contribution in [0.15, 0.2) is 24.3 Å². The molecule has 1 fully saturated rings. The van der Waals surface area contributed by atoms with E-state index in [9.17, 15) is 14.4 Å². The number of imide groups is 1. The second kappa shape index (κ2) is 7.26. The molecule has 1 aliphatic rings. The molecule has 4 amide bonds. The molecule has 1 N–H and O–H groups in total. The molecule has 0 bridgehead atoms. The van der Waals surface area contributed by atoms with Crippen LogP contribution in [0.2, 0.25) is 5.02 Å². The van der Waals surface area contributed by atoms with Crippen LogP contribution in [0.25, 0.3) is 0 Å². The number of hydrogen-bond donors (Lipinski definition) is 1. The van der Waals surface area contributed by atoms with Gasteiger partial charge < -0.3 is 10.2 Å². The van der Waals surface area contributed by atoms with Gasteiger partial charge in [0.25, 0.3) is 5.91 Å². The lowest BCUT2D eigenvalue weighted by Crippen LogP contribution is -2.41. The molecule has 1 aromatic carbocycles. The van der Waals surface area contributed by atoms with Gasteiger partial charge in [0.2, 0.25) is 5.91 Å². The van der Waals surface area contributed by atoms with E-state index < -0.39 is 6.03 Å². The third kappa shape index (κ3) is 3.98. The van der Waals surface area contributed by atoms with Crippen LogP contribution in [0.1, 0.15) is 12.0 Å². The van der Waals surface area contributed by atoms with Crippen LogP contribution in [0.4, 0.5) is 4.79 Å². The number of nitrogens with one attached hydrogen (secondary N) is 1. The van der Waals surface area contributed by atoms with E-state index in [-0.39, 0.29) is 24.9 Å². The lowest BCUT2D eigenvalue weighted by molar-refractivity contribution is -0.130. The predicted octanol–water partition coefficient (Wildman–Crippen LogP) is 1.28. The maximum atomic E-state index is 11.8. The summed E-state index contributed by atoms with van der Waals surface area (Å²) in [6, 6.07) is 7.13. The van der Waals surface area contributed by atoms with Crippen molar-refractivity contribution in [2.75, 3.05) is 26.7 Å². The normalized spacial score (nSPS) is 14.6. The number of nitrogens with zero attached hydrogens (tertiary/aromatic N) is 2. The smallest absolute Gasteiger partial charge is 0.327 e. The monoisotopic (exact) mass is 323 g/mol. The highest BCUT2D eigenvalue weighted by molar-refractivity contribution is 6.31. The molecule has 0 spiro atoms. The Morgan fingerprint density at radius 2 is 2.05 bits per heavy atom. The first-order valence-electron chi connectivity index (χ1n) is 7.04. The van der Waals surface area contributed by atoms with E-state index in [0.29, 0.717) is 11.6 Å². The van der Waals surface area contributed by atoms with E-state index in [4.69, 9.17) is 11.6 Å². The van der Waals surface area contributed by atoms with Crippen LogP contribution in [0.3, 0.4) is 0 Å². The maximum absolute atomic E-state index is 11.8. The lowest BCUT2D eigenvalue weighted by atomic mass is 10.1. The van der Waals surface area contributed by atoms with Gasteiger partial charge in [-0.1, -0.05) is 29.8 Å². The van der Waals surface area contributed by atoms with Gasteiger partial charge in [0.1, 0.15) is 13.1 Å². The van der Waals surface area contributed by atoms with Crippen molar-refractivity contribution in [3.8, 4) is 0 Å². The van der Waals surface area contributed by atoms with Crippen LogP contribution in [-0.4, -0.2) is 54.3 Å². The largest absolute Gasteiger partial charge is 0.355 e. The summed E-state index contributed by atoms with van der Waals surface area (Å²) in [4.78, 5) is 37.2. The Morgan fingerprint density at radius 3 is 2.68 bits per heavy atom. The lowest BCUT2D eigenvalue weighted by Gasteiger charge is -2.13. The summed E-state index contributed by atoms with van der Waals surface area (Å²) >= 11 is 6.05. The molecule has 2 rings (SSSR count). The molecule has 0 radical (unpaired) electrons. The summed E-state index contributed by atoms with van der Waals surface area (Å²) in [6.07, 6.45) is 1.49. The zero-order chi connectivity index (χ0) is 16.1. The molecule has 1 aromatic rings. The maximum Gasteiger partial charge on any atom is 0.327 e. The molecular weight excluding hydrogens is 306 g/mol. The number of carbonyl (C=O) groups excluding carboxylic acids is 3. The number of carbonyl (C=O) groups is 3. The molecule has 0 saturated carbocycles. The van der Waals surface area contributed by atoms with Gasteiger partial charge in [0, 0.05) is 18.6 Å². The Bertz CT molecular complexity index is 591. The number of urea groups is 1. The molecule has 1 heterocycles. The fourth-order valence-electron chi connectivity index (χ4n) is 2.23. The van der Waals surface area contributed by atoms with E-state index in [1.54, 1.807) is 0 Å². The fourth-order valence-corrected chi connectivity index (χ4v) is 2.46. The summed E-state index contributed by atoms with van der Waals surface area (Å²) in [5.74, 6) is -0.685. The highest BCUT2D eigenvalue weighted by atomic mass is 35.5. The number of rotatable bonds is 6. The Kier molecular flexibility index (Phi) is 5.38. The van der Waals surface area contributed by atoms with Crippen LogP contribution in [0.5, 0.6) is 0 Å². The zero-order valence-corrected chi connectivity index (χ0v) is 13.1. The van der Waals surface area contributed by atoms with Gasteiger partial charge in [-0.2, -0.15) is 0 Å². The third-order valence-corrected chi connectivity index (χ3v) is 3.80. The molecule has 1 aliphatic heterocycles. The highest BCUT2D eigenvalue weighted by Gasteiger charge is 2.34. The predicted molar refractivity (Wildman–Crippen MR) is 82.5 cm³/mol. The summed E-state index contributed by atoms with van der Waals surface area (Å²) in [7, 11) is 1.53. The second-order valence-electron chi connectivity index (χ2n) is 5.16. The van der Waals surface area contributed by atoms with Gasteiger partial charge in [-0.25, -0.2) is 4.79 Å². The van der Waals surface area contributed by atoms with Gasteiger partial charge >= 0.3 is 6.03 Å². The van der Waals surface area contributed by atoms with Crippen LogP contribution in [0, 0.1) is 0 Å². The van der Waals surface area contributed by atoms with Crippen molar-refractivity contribution in [2.45, 2.75) is 12.8 Å². The number of hydrogen-bond acceptors (Lipinski definition) is 3. The third-order valence-electron chi connectivity index (χ3n) is 3.44. The molecule has 0 atom stereocenters. The minimum atomic E-state index is -0.434. The van der Waals surface area contributed by atoms with Crippen molar-refractivity contribution in [1.29, 1.82) is 0 Å². The minimum Gasteiger partial charge on any atom is -0.355 e. The first-order chi connectivity index (χ1) is 10.5. The summed E-state index contributed by atoms with van der Waals surface area (Å²) in [5, 5.41) is 3.42. The summed E-state index contributed by atoms with van der Waals surface area (Å²) in [5.41, 5.74) is 1.03. The van der Waals surface area contributed by atoms with Crippen molar-refractivity contribution < 1.29 is 14.4 Å². The van der Waals surface area contributed by atoms with E-state index in [0.717, 1.165) is 23.3 Å². The molecule has 6 nitrogen and oxygen atoms in total. The number of halogens is 1. The standard InChI is InChI=1S/C15H18ClN3O3/c1-18-10-14(21)19(15(18)22)9-13(20)17-8-4-6-11-5-2-3-7-12(11)16/h2-3,5,7H,4,6,8-10H2,1H3,(H,17,20). The Balaban J connectivity index is 1.71. The van der Waals surface area contributed by atoms with Crippen molar-refractivity contribution in [3.63, 3.8) is 0 Å². The average Bonchev–Trinajstić information content (AvgIpc) is 2.72. The molecular formula is C15H18ClN3O3. The number of aryl methyl sites for hydroxylation is 1. The molecule has 0 aromatic heterocycles. The van der Waals surface area contributed by atoms with Gasteiger partial charge in [0.05, 0.1) is 0 Å². The molecule has 0 aliphatic carbocycles. The minimum absolute atomic E-state index is 0.0264. The van der Waals surface area contributed by atoms with Crippen molar-refractivity contribution >= 4 is 29.4 Å². The molecule has 22 heavy (non-hydrogen) atoms. The second-order valence-corrected chi connectivity index (χ2v) is 5.57. The van der Waals surface area contributed by atoms with Crippen LogP contribution in [-0.2, 0) is 16.0 Å². The van der Waals surface area contributed by atoms with Crippen LogP contribution >= 0.6 is 11.6 Å². The molecule has 1 saturated heterocycles. The van der Waals surface area contributed by atoms with Crippen molar-refractivity contribution in [1.82, 2.24) is 15.1 Å². The molecule has 118 valence electrons. The Labute approximate surface area is 134 Å². The summed E-state index contributed by atoms with van der Waals surface area (Å²) in [6.45, 7) is 0.267. The highest BCUT2D eigenvalue weighted by Crippen LogP contribution is 2.16. The first kappa shape index (κ1) is 16.3. The van der Waals surface area contributed by atoms with Gasteiger partial charge in [-0.15, -0.1) is 0 Å². The van der Waals surface area contributed by atoms with E-state index in [1.807, 2.05) is 24.3 Å². The van der Waals surface area contributed by atoms with Gasteiger partial charge in [-0.3, -0.25) is 14.5 Å². The van der Waals surface area contributed by atoms with Crippen molar-refractivity contribution in [2.24, 2.45) is 0 Å². The topological polar surface area (TPSA) is 69.7 Å². The Morgan fingerprint density at radius 1 is 1.32 bits per heavy atom. The SMILES string of the molecule is CN1CC(=O)N(CC(=O)NCCCc2ccccc2Cl)C1=O. The number of amides is 4. The van der Waals surface area contributed by atoms with E-state index in [1.165, 1.54) is 11.9 Å². The van der Waals surface area contributed by atoms with Crippen LogP contribution < -0.4 is 5.32 Å². The first-order valence-corrected chi connectivity index (χ1v) is 7.42. The van der Waals surface area contributed by atoms with E-state index >= 15 is 0 Å².